The zero-order valence-electron chi connectivity index (χ0n) is 10.4. The monoisotopic (exact) mass is 245 g/mol. The molecule has 0 fully saturated rings. The van der Waals surface area contributed by atoms with Crippen LogP contribution in [0.5, 0.6) is 5.75 Å². The maximum atomic E-state index is 11.5. The number of nitrogens with one attached hydrogen (secondary N) is 1. The Bertz CT molecular complexity index is 532. The molecule has 1 aliphatic rings. The highest BCUT2D eigenvalue weighted by molar-refractivity contribution is 5.98. The minimum absolute atomic E-state index is 0.181. The predicted octanol–water partition coefficient (Wildman–Crippen LogP) is 2.56. The van der Waals surface area contributed by atoms with Crippen molar-refractivity contribution in [3.05, 3.63) is 35.0 Å². The molecule has 94 valence electrons. The number of methoxy groups -OCH3 is 1. The Morgan fingerprint density at radius 3 is 2.67 bits per heavy atom. The van der Waals surface area contributed by atoms with Crippen LogP contribution in [0.2, 0.25) is 0 Å². The second kappa shape index (κ2) is 5.04. The lowest BCUT2D eigenvalue weighted by molar-refractivity contribution is -0.114. The summed E-state index contributed by atoms with van der Waals surface area (Å²) in [6, 6.07) is 5.16. The van der Waals surface area contributed by atoms with E-state index in [2.05, 4.69) is 5.32 Å². The van der Waals surface area contributed by atoms with Crippen LogP contribution in [0.15, 0.2) is 29.5 Å². The summed E-state index contributed by atoms with van der Waals surface area (Å²) < 4.78 is 5.23. The van der Waals surface area contributed by atoms with Crippen LogP contribution in [-0.4, -0.2) is 19.2 Å². The predicted molar refractivity (Wildman–Crippen MR) is 68.9 cm³/mol. The van der Waals surface area contributed by atoms with Crippen LogP contribution in [0.1, 0.15) is 30.1 Å². The highest BCUT2D eigenvalue weighted by Crippen LogP contribution is 2.30. The number of ketones is 1. The van der Waals surface area contributed by atoms with Gasteiger partial charge in [-0.2, -0.15) is 0 Å². The van der Waals surface area contributed by atoms with Crippen molar-refractivity contribution in [3.63, 3.8) is 0 Å². The Kier molecular flexibility index (Phi) is 3.46. The fourth-order valence-electron chi connectivity index (χ4n) is 1.99. The van der Waals surface area contributed by atoms with E-state index < -0.39 is 0 Å². The van der Waals surface area contributed by atoms with Crippen LogP contribution in [0, 0.1) is 0 Å². The topological polar surface area (TPSA) is 55.4 Å². The van der Waals surface area contributed by atoms with Gasteiger partial charge in [0, 0.05) is 23.3 Å². The van der Waals surface area contributed by atoms with Gasteiger partial charge in [-0.1, -0.05) is 0 Å². The van der Waals surface area contributed by atoms with E-state index in [1.165, 1.54) is 0 Å². The number of anilines is 1. The van der Waals surface area contributed by atoms with Gasteiger partial charge in [-0.3, -0.25) is 9.59 Å². The molecule has 0 aromatic heterocycles. The van der Waals surface area contributed by atoms with Crippen molar-refractivity contribution in [3.8, 4) is 5.75 Å². The van der Waals surface area contributed by atoms with Gasteiger partial charge >= 0.3 is 0 Å². The van der Waals surface area contributed by atoms with Crippen molar-refractivity contribution in [1.29, 1.82) is 0 Å². The molecule has 1 aromatic rings. The molecule has 18 heavy (non-hydrogen) atoms. The summed E-state index contributed by atoms with van der Waals surface area (Å²) in [5.74, 6) is 0.778. The van der Waals surface area contributed by atoms with Crippen LogP contribution < -0.4 is 10.1 Å². The lowest BCUT2D eigenvalue weighted by Crippen LogP contribution is -2.02. The molecule has 0 unspecified atom stereocenters. The van der Waals surface area contributed by atoms with Crippen molar-refractivity contribution in [1.82, 2.24) is 0 Å². The van der Waals surface area contributed by atoms with Gasteiger partial charge in [-0.25, -0.2) is 0 Å². The molecule has 2 rings (SSSR count). The van der Waals surface area contributed by atoms with Crippen LogP contribution in [0.3, 0.4) is 0 Å². The molecule has 0 aliphatic heterocycles. The lowest BCUT2D eigenvalue weighted by atomic mass is 10.2. The molecule has 4 heteroatoms. The number of hydrogen-bond acceptors (Lipinski definition) is 4. The fourth-order valence-corrected chi connectivity index (χ4v) is 1.99. The number of ether oxygens (including phenoxy) is 1. The van der Waals surface area contributed by atoms with Gasteiger partial charge in [0.2, 0.25) is 0 Å². The number of hydrogen-bond donors (Lipinski definition) is 1. The van der Waals surface area contributed by atoms with Crippen LogP contribution in [-0.2, 0) is 4.79 Å². The Hall–Kier alpha value is -2.10. The van der Waals surface area contributed by atoms with E-state index in [4.69, 9.17) is 4.74 Å². The Morgan fingerprint density at radius 2 is 2.11 bits per heavy atom. The molecule has 0 spiro atoms. The molecule has 1 N–H and O–H groups in total. The lowest BCUT2D eigenvalue weighted by Gasteiger charge is -2.12. The van der Waals surface area contributed by atoms with Crippen molar-refractivity contribution in [2.24, 2.45) is 0 Å². The average Bonchev–Trinajstić information content (AvgIpc) is 2.71. The third kappa shape index (κ3) is 2.27. The fraction of sp³-hybridized carbons (Fsp3) is 0.286. The van der Waals surface area contributed by atoms with Crippen LogP contribution in [0.4, 0.5) is 5.69 Å². The van der Waals surface area contributed by atoms with Gasteiger partial charge in [-0.15, -0.1) is 0 Å². The minimum Gasteiger partial charge on any atom is -0.495 e. The first-order valence-electron chi connectivity index (χ1n) is 5.79. The van der Waals surface area contributed by atoms with E-state index >= 15 is 0 Å². The minimum atomic E-state index is 0.181. The van der Waals surface area contributed by atoms with E-state index in [-0.39, 0.29) is 5.78 Å². The summed E-state index contributed by atoms with van der Waals surface area (Å²) in [6.45, 7) is 1.82. The zero-order valence-corrected chi connectivity index (χ0v) is 10.4. The van der Waals surface area contributed by atoms with Crippen molar-refractivity contribution >= 4 is 17.8 Å². The highest BCUT2D eigenvalue weighted by Gasteiger charge is 2.19. The van der Waals surface area contributed by atoms with Gasteiger partial charge in [0.25, 0.3) is 0 Å². The van der Waals surface area contributed by atoms with Crippen LogP contribution in [0.25, 0.3) is 0 Å². The van der Waals surface area contributed by atoms with E-state index in [1.807, 2.05) is 6.92 Å². The molecule has 0 saturated carbocycles. The number of carbonyl (C=O) groups is 2. The molecule has 0 saturated heterocycles. The third-order valence-electron chi connectivity index (χ3n) is 3.12. The second-order valence-electron chi connectivity index (χ2n) is 4.23. The number of carbonyl (C=O) groups excluding carboxylic acids is 2. The average molecular weight is 245 g/mol. The molecule has 0 bridgehead atoms. The molecular weight excluding hydrogens is 230 g/mol. The van der Waals surface area contributed by atoms with E-state index in [0.717, 1.165) is 29.7 Å². The first kappa shape index (κ1) is 12.4. The SMILES string of the molecule is COc1cc(C=O)ccc1NC1=C(C)C(=O)CC1. The standard InChI is InChI=1S/C14H15NO3/c1-9-11(5-6-13(9)17)15-12-4-3-10(8-16)7-14(12)18-2/h3-4,7-8,15H,5-6H2,1-2H3. The van der Waals surface area contributed by atoms with Crippen LogP contribution >= 0.6 is 0 Å². The van der Waals surface area contributed by atoms with Gasteiger partial charge in [0.15, 0.2) is 5.78 Å². The van der Waals surface area contributed by atoms with Gasteiger partial charge in [-0.05, 0) is 31.5 Å². The largest absolute Gasteiger partial charge is 0.495 e. The molecule has 0 amide bonds. The smallest absolute Gasteiger partial charge is 0.160 e. The molecule has 0 atom stereocenters. The maximum Gasteiger partial charge on any atom is 0.160 e. The summed E-state index contributed by atoms with van der Waals surface area (Å²) in [5, 5.41) is 3.21. The number of benzene rings is 1. The summed E-state index contributed by atoms with van der Waals surface area (Å²) in [5.41, 5.74) is 3.03. The Balaban J connectivity index is 2.29. The van der Waals surface area contributed by atoms with Crippen molar-refractivity contribution in [2.75, 3.05) is 12.4 Å². The van der Waals surface area contributed by atoms with E-state index in [1.54, 1.807) is 25.3 Å². The molecule has 0 radical (unpaired) electrons. The molecule has 0 heterocycles. The van der Waals surface area contributed by atoms with Crippen molar-refractivity contribution < 1.29 is 14.3 Å². The molecule has 1 aromatic carbocycles. The summed E-state index contributed by atoms with van der Waals surface area (Å²) >= 11 is 0. The molecule has 4 nitrogen and oxygen atoms in total. The Morgan fingerprint density at radius 1 is 1.33 bits per heavy atom. The summed E-state index contributed by atoms with van der Waals surface area (Å²) in [6.07, 6.45) is 2.06. The first-order chi connectivity index (χ1) is 8.65. The molecule has 1 aliphatic carbocycles. The second-order valence-corrected chi connectivity index (χ2v) is 4.23. The van der Waals surface area contributed by atoms with Gasteiger partial charge in [0.05, 0.1) is 12.8 Å². The number of allylic oxidation sites excluding steroid dienone is 2. The summed E-state index contributed by atoms with van der Waals surface area (Å²) in [7, 11) is 1.55. The normalized spacial score (nSPS) is 14.9. The van der Waals surface area contributed by atoms with E-state index in [9.17, 15) is 9.59 Å². The van der Waals surface area contributed by atoms with Crippen molar-refractivity contribution in [2.45, 2.75) is 19.8 Å². The third-order valence-corrected chi connectivity index (χ3v) is 3.12. The zero-order chi connectivity index (χ0) is 13.1. The van der Waals surface area contributed by atoms with Gasteiger partial charge in [0.1, 0.15) is 12.0 Å². The van der Waals surface area contributed by atoms with E-state index in [0.29, 0.717) is 17.7 Å². The Labute approximate surface area is 106 Å². The first-order valence-corrected chi connectivity index (χ1v) is 5.79. The maximum absolute atomic E-state index is 11.5. The molecular formula is C14H15NO3. The number of aldehydes is 1. The number of rotatable bonds is 4. The van der Waals surface area contributed by atoms with Gasteiger partial charge < -0.3 is 10.1 Å². The quantitative estimate of drug-likeness (QED) is 0.828. The summed E-state index contributed by atoms with van der Waals surface area (Å²) in [4.78, 5) is 22.1. The number of Topliss-reactive ketones (excluding diaryl/α,β-unsaturated/α-hetero) is 1. The highest BCUT2D eigenvalue weighted by atomic mass is 16.5.